The number of thioether (sulfide) groups is 1. The Morgan fingerprint density at radius 1 is 1.29 bits per heavy atom. The maximum absolute atomic E-state index is 13.0. The minimum absolute atomic E-state index is 0.0759. The first kappa shape index (κ1) is 19.9. The first-order valence-electron chi connectivity index (χ1n) is 8.77. The Morgan fingerprint density at radius 3 is 2.71 bits per heavy atom. The molecule has 0 saturated carbocycles. The van der Waals surface area contributed by atoms with Gasteiger partial charge in [-0.3, -0.25) is 14.6 Å². The van der Waals surface area contributed by atoms with Crippen LogP contribution in [0.2, 0.25) is 0 Å². The molecule has 28 heavy (non-hydrogen) atoms. The number of benzene rings is 2. The third-order valence-corrected chi connectivity index (χ3v) is 5.21. The molecule has 1 saturated heterocycles. The summed E-state index contributed by atoms with van der Waals surface area (Å²) in [7, 11) is 1.59. The first-order chi connectivity index (χ1) is 13.5. The van der Waals surface area contributed by atoms with Crippen LogP contribution in [0.15, 0.2) is 53.5 Å². The van der Waals surface area contributed by atoms with E-state index >= 15 is 0 Å². The average Bonchev–Trinajstić information content (AvgIpc) is 2.96. The maximum Gasteiger partial charge on any atom is 0.247 e. The number of carbonyl (C=O) groups is 2. The molecule has 0 spiro atoms. The fourth-order valence-electron chi connectivity index (χ4n) is 2.78. The van der Waals surface area contributed by atoms with Gasteiger partial charge in [0.05, 0.1) is 12.3 Å². The molecule has 1 N–H and O–H groups in total. The molecule has 0 unspecified atom stereocenters. The minimum Gasteiger partial charge on any atom is -0.494 e. The molecule has 2 aromatic carbocycles. The molecule has 8 heteroatoms. The van der Waals surface area contributed by atoms with Crippen molar-refractivity contribution in [3.8, 4) is 5.75 Å². The Balaban J connectivity index is 1.72. The molecule has 1 atom stereocenters. The van der Waals surface area contributed by atoms with Crippen molar-refractivity contribution in [2.24, 2.45) is 4.99 Å². The summed E-state index contributed by atoms with van der Waals surface area (Å²) in [6.07, 6.45) is 0.0759. The van der Waals surface area contributed by atoms with Gasteiger partial charge in [0.2, 0.25) is 11.8 Å². The summed E-state index contributed by atoms with van der Waals surface area (Å²) in [4.78, 5) is 30.6. The van der Waals surface area contributed by atoms with Crippen molar-refractivity contribution in [3.05, 3.63) is 54.3 Å². The second kappa shape index (κ2) is 8.88. The summed E-state index contributed by atoms with van der Waals surface area (Å²) in [6.45, 7) is 2.36. The molecule has 2 aromatic rings. The molecule has 0 aliphatic carbocycles. The van der Waals surface area contributed by atoms with Crippen LogP contribution in [-0.2, 0) is 9.59 Å². The molecule has 0 aromatic heterocycles. The highest BCUT2D eigenvalue weighted by molar-refractivity contribution is 8.15. The molecule has 2 amide bonds. The second-order valence-electron chi connectivity index (χ2n) is 5.97. The van der Waals surface area contributed by atoms with Crippen LogP contribution in [-0.4, -0.2) is 35.9 Å². The van der Waals surface area contributed by atoms with E-state index in [2.05, 4.69) is 10.3 Å². The van der Waals surface area contributed by atoms with Gasteiger partial charge in [-0.05, 0) is 43.3 Å². The van der Waals surface area contributed by atoms with E-state index in [0.717, 1.165) is 0 Å². The number of aliphatic imine (C=N–C) groups is 1. The number of rotatable bonds is 5. The smallest absolute Gasteiger partial charge is 0.247 e. The van der Waals surface area contributed by atoms with Gasteiger partial charge in [-0.1, -0.05) is 17.8 Å². The Hall–Kier alpha value is -2.87. The Bertz CT molecular complexity index is 902. The summed E-state index contributed by atoms with van der Waals surface area (Å²) in [5, 5.41) is 2.93. The van der Waals surface area contributed by atoms with Crippen LogP contribution in [0.5, 0.6) is 5.75 Å². The lowest BCUT2D eigenvalue weighted by Crippen LogP contribution is -2.31. The predicted octanol–water partition coefficient (Wildman–Crippen LogP) is 3.69. The quantitative estimate of drug-likeness (QED) is 0.470. The number of nitrogens with one attached hydrogen (secondary N) is 1. The zero-order valence-electron chi connectivity index (χ0n) is 15.5. The van der Waals surface area contributed by atoms with Gasteiger partial charge in [0.25, 0.3) is 0 Å². The topological polar surface area (TPSA) is 71.0 Å². The third-order valence-electron chi connectivity index (χ3n) is 4.04. The molecule has 1 heterocycles. The summed E-state index contributed by atoms with van der Waals surface area (Å²) in [5.74, 6) is -0.306. The molecule has 6 nitrogen and oxygen atoms in total. The predicted molar refractivity (Wildman–Crippen MR) is 109 cm³/mol. The van der Waals surface area contributed by atoms with E-state index in [9.17, 15) is 14.0 Å². The zero-order chi connectivity index (χ0) is 20.1. The minimum atomic E-state index is -0.588. The summed E-state index contributed by atoms with van der Waals surface area (Å²) in [6, 6.07) is 12.7. The number of nitrogens with zero attached hydrogens (tertiary/aromatic N) is 2. The lowest BCUT2D eigenvalue weighted by molar-refractivity contribution is -0.121. The van der Waals surface area contributed by atoms with Crippen LogP contribution < -0.4 is 15.0 Å². The highest BCUT2D eigenvalue weighted by Gasteiger charge is 2.40. The van der Waals surface area contributed by atoms with E-state index < -0.39 is 5.25 Å². The van der Waals surface area contributed by atoms with Crippen molar-refractivity contribution in [2.45, 2.75) is 18.6 Å². The zero-order valence-corrected chi connectivity index (χ0v) is 16.3. The van der Waals surface area contributed by atoms with Gasteiger partial charge in [-0.15, -0.1) is 0 Å². The normalized spacial score (nSPS) is 17.2. The van der Waals surface area contributed by atoms with Crippen LogP contribution in [0, 0.1) is 5.82 Å². The molecule has 1 aliphatic rings. The lowest BCUT2D eigenvalue weighted by atomic mass is 10.3. The number of anilines is 2. The van der Waals surface area contributed by atoms with Crippen LogP contribution >= 0.6 is 11.8 Å². The SMILES string of the molecule is CCOc1cccc(N2C(=O)C[C@H](SC(=NC)Nc3ccc(F)cc3)C2=O)c1. The number of carbonyl (C=O) groups excluding carboxylic acids is 2. The fraction of sp³-hybridized carbons (Fsp3) is 0.250. The number of hydrogen-bond acceptors (Lipinski definition) is 5. The van der Waals surface area contributed by atoms with Gasteiger partial charge in [0, 0.05) is 25.2 Å². The average molecular weight is 401 g/mol. The maximum atomic E-state index is 13.0. The largest absolute Gasteiger partial charge is 0.494 e. The highest BCUT2D eigenvalue weighted by Crippen LogP contribution is 2.32. The summed E-state index contributed by atoms with van der Waals surface area (Å²) < 4.78 is 18.5. The van der Waals surface area contributed by atoms with E-state index in [0.29, 0.717) is 28.9 Å². The number of imide groups is 1. The number of amides is 2. The molecule has 0 radical (unpaired) electrons. The van der Waals surface area contributed by atoms with E-state index in [-0.39, 0.29) is 24.1 Å². The van der Waals surface area contributed by atoms with E-state index in [1.54, 1.807) is 43.4 Å². The van der Waals surface area contributed by atoms with Gasteiger partial charge in [0.1, 0.15) is 16.8 Å². The monoisotopic (exact) mass is 401 g/mol. The van der Waals surface area contributed by atoms with Crippen molar-refractivity contribution in [3.63, 3.8) is 0 Å². The van der Waals surface area contributed by atoms with Gasteiger partial charge in [-0.25, -0.2) is 9.29 Å². The van der Waals surface area contributed by atoms with Crippen LogP contribution in [0.25, 0.3) is 0 Å². The Kier molecular flexibility index (Phi) is 6.30. The van der Waals surface area contributed by atoms with Crippen LogP contribution in [0.1, 0.15) is 13.3 Å². The second-order valence-corrected chi connectivity index (χ2v) is 7.16. The van der Waals surface area contributed by atoms with Crippen molar-refractivity contribution in [2.75, 3.05) is 23.9 Å². The van der Waals surface area contributed by atoms with E-state index in [1.807, 2.05) is 6.92 Å². The molecule has 1 aliphatic heterocycles. The number of ether oxygens (including phenoxy) is 1. The number of amidine groups is 1. The highest BCUT2D eigenvalue weighted by atomic mass is 32.2. The van der Waals surface area contributed by atoms with Crippen molar-refractivity contribution < 1.29 is 18.7 Å². The van der Waals surface area contributed by atoms with Gasteiger partial charge < -0.3 is 10.1 Å². The molecule has 3 rings (SSSR count). The van der Waals surface area contributed by atoms with Gasteiger partial charge in [-0.2, -0.15) is 0 Å². The number of hydrogen-bond donors (Lipinski definition) is 1. The molecular weight excluding hydrogens is 381 g/mol. The van der Waals surface area contributed by atoms with E-state index in [1.165, 1.54) is 28.8 Å². The van der Waals surface area contributed by atoms with Crippen LogP contribution in [0.3, 0.4) is 0 Å². The molecule has 0 bridgehead atoms. The third kappa shape index (κ3) is 4.51. The Morgan fingerprint density at radius 2 is 2.04 bits per heavy atom. The van der Waals surface area contributed by atoms with Crippen molar-refractivity contribution in [1.29, 1.82) is 0 Å². The first-order valence-corrected chi connectivity index (χ1v) is 9.65. The number of halogens is 1. The van der Waals surface area contributed by atoms with Gasteiger partial charge >= 0.3 is 0 Å². The lowest BCUT2D eigenvalue weighted by Gasteiger charge is -2.16. The Labute approximate surface area is 166 Å². The molecular formula is C20H20FN3O3S. The van der Waals surface area contributed by atoms with Gasteiger partial charge in [0.15, 0.2) is 5.17 Å². The summed E-state index contributed by atoms with van der Waals surface area (Å²) in [5.41, 5.74) is 1.14. The summed E-state index contributed by atoms with van der Waals surface area (Å²) >= 11 is 1.18. The molecule has 146 valence electrons. The standard InChI is InChI=1S/C20H20FN3O3S/c1-3-27-16-6-4-5-15(11-16)24-18(25)12-17(19(24)26)28-20(22-2)23-14-9-7-13(21)8-10-14/h4-11,17H,3,12H2,1-2H3,(H,22,23)/t17-/m0/s1. The molecule has 1 fully saturated rings. The fourth-order valence-corrected chi connectivity index (χ4v) is 3.76. The van der Waals surface area contributed by atoms with Crippen molar-refractivity contribution in [1.82, 2.24) is 0 Å². The van der Waals surface area contributed by atoms with Crippen LogP contribution in [0.4, 0.5) is 15.8 Å². The van der Waals surface area contributed by atoms with E-state index in [4.69, 9.17) is 4.74 Å². The van der Waals surface area contributed by atoms with Crippen molar-refractivity contribution >= 4 is 40.1 Å².